The highest BCUT2D eigenvalue weighted by molar-refractivity contribution is 5.91. The zero-order chi connectivity index (χ0) is 18.1. The first-order valence-corrected chi connectivity index (χ1v) is 7.86. The molecule has 0 fully saturated rings. The van der Waals surface area contributed by atoms with Crippen molar-refractivity contribution in [3.63, 3.8) is 0 Å². The van der Waals surface area contributed by atoms with Crippen LogP contribution in [0.1, 0.15) is 12.0 Å². The average Bonchev–Trinajstić information content (AvgIpc) is 2.66. The molecule has 0 radical (unpaired) electrons. The minimum Gasteiger partial charge on any atom is -0.497 e. The van der Waals surface area contributed by atoms with Gasteiger partial charge in [0.25, 0.3) is 0 Å². The summed E-state index contributed by atoms with van der Waals surface area (Å²) in [5.41, 5.74) is 1.54. The fraction of sp³-hybridized carbons (Fsp3) is 0.263. The molecule has 2 amide bonds. The van der Waals surface area contributed by atoms with Crippen molar-refractivity contribution in [2.45, 2.75) is 13.0 Å². The number of methoxy groups -OCH3 is 2. The molecule has 0 saturated heterocycles. The number of rotatable bonds is 7. The molecule has 0 bridgehead atoms. The van der Waals surface area contributed by atoms with E-state index in [-0.39, 0.29) is 12.5 Å². The van der Waals surface area contributed by atoms with Crippen LogP contribution in [-0.2, 0) is 6.54 Å². The zero-order valence-electron chi connectivity index (χ0n) is 14.4. The van der Waals surface area contributed by atoms with Crippen LogP contribution in [0.5, 0.6) is 11.5 Å². The van der Waals surface area contributed by atoms with Gasteiger partial charge in [0, 0.05) is 19.2 Å². The Labute approximate surface area is 147 Å². The van der Waals surface area contributed by atoms with Crippen molar-refractivity contribution in [2.24, 2.45) is 0 Å². The summed E-state index contributed by atoms with van der Waals surface area (Å²) in [7, 11) is 3.10. The van der Waals surface area contributed by atoms with Gasteiger partial charge in [-0.05, 0) is 17.7 Å². The summed E-state index contributed by atoms with van der Waals surface area (Å²) in [6.07, 6.45) is 0.264. The molecule has 0 unspecified atom stereocenters. The molecule has 25 heavy (non-hydrogen) atoms. The second kappa shape index (κ2) is 9.18. The summed E-state index contributed by atoms with van der Waals surface area (Å²) in [5.74, 6) is 1.15. The number of nitrogens with zero attached hydrogens (tertiary/aromatic N) is 2. The van der Waals surface area contributed by atoms with Crippen molar-refractivity contribution in [3.8, 4) is 17.6 Å². The van der Waals surface area contributed by atoms with Gasteiger partial charge in [-0.25, -0.2) is 4.79 Å². The molecular weight excluding hydrogens is 318 g/mol. The number of amides is 2. The number of carbonyl (C=O) groups excluding carboxylic acids is 1. The Kier molecular flexibility index (Phi) is 6.66. The smallest absolute Gasteiger partial charge is 0.322 e. The van der Waals surface area contributed by atoms with Gasteiger partial charge in [-0.3, -0.25) is 0 Å². The van der Waals surface area contributed by atoms with Crippen LogP contribution in [0.15, 0.2) is 48.5 Å². The molecule has 0 aromatic heterocycles. The molecular formula is C19H21N3O3. The Morgan fingerprint density at radius 3 is 2.56 bits per heavy atom. The van der Waals surface area contributed by atoms with Gasteiger partial charge >= 0.3 is 6.03 Å². The quantitative estimate of drug-likeness (QED) is 0.835. The van der Waals surface area contributed by atoms with Crippen molar-refractivity contribution in [1.29, 1.82) is 5.26 Å². The van der Waals surface area contributed by atoms with Gasteiger partial charge in [0.2, 0.25) is 0 Å². The molecule has 130 valence electrons. The Bertz CT molecular complexity index is 741. The van der Waals surface area contributed by atoms with Crippen LogP contribution in [0.4, 0.5) is 10.5 Å². The predicted octanol–water partition coefficient (Wildman–Crippen LogP) is 3.65. The summed E-state index contributed by atoms with van der Waals surface area (Å²) < 4.78 is 10.5. The normalized spacial score (nSPS) is 9.80. The molecule has 2 aromatic carbocycles. The van der Waals surface area contributed by atoms with Gasteiger partial charge in [-0.1, -0.05) is 30.3 Å². The Morgan fingerprint density at radius 1 is 1.16 bits per heavy atom. The van der Waals surface area contributed by atoms with Crippen LogP contribution in [0, 0.1) is 11.3 Å². The number of hydrogen-bond acceptors (Lipinski definition) is 4. The van der Waals surface area contributed by atoms with E-state index in [2.05, 4.69) is 11.4 Å². The van der Waals surface area contributed by atoms with E-state index in [0.717, 1.165) is 5.56 Å². The van der Waals surface area contributed by atoms with Crippen molar-refractivity contribution in [3.05, 3.63) is 54.1 Å². The highest BCUT2D eigenvalue weighted by Gasteiger charge is 2.16. The Morgan fingerprint density at radius 2 is 1.92 bits per heavy atom. The van der Waals surface area contributed by atoms with Gasteiger partial charge in [-0.2, -0.15) is 5.26 Å². The molecule has 0 saturated carbocycles. The number of urea groups is 1. The number of nitrogens with one attached hydrogen (secondary N) is 1. The molecule has 0 atom stereocenters. The largest absolute Gasteiger partial charge is 0.497 e. The van der Waals surface area contributed by atoms with Crippen molar-refractivity contribution in [1.82, 2.24) is 4.90 Å². The highest BCUT2D eigenvalue weighted by Crippen LogP contribution is 2.29. The Balaban J connectivity index is 2.15. The first-order valence-electron chi connectivity index (χ1n) is 7.86. The second-order valence-electron chi connectivity index (χ2n) is 5.31. The lowest BCUT2D eigenvalue weighted by Crippen LogP contribution is -2.35. The van der Waals surface area contributed by atoms with Crippen molar-refractivity contribution < 1.29 is 14.3 Å². The average molecular weight is 339 g/mol. The van der Waals surface area contributed by atoms with Crippen LogP contribution >= 0.6 is 0 Å². The molecule has 0 aliphatic heterocycles. The summed E-state index contributed by atoms with van der Waals surface area (Å²) in [6.45, 7) is 0.766. The maximum atomic E-state index is 12.7. The lowest BCUT2D eigenvalue weighted by Gasteiger charge is -2.23. The van der Waals surface area contributed by atoms with E-state index in [9.17, 15) is 4.79 Å². The third-order valence-corrected chi connectivity index (χ3v) is 3.65. The van der Waals surface area contributed by atoms with Gasteiger partial charge in [0.1, 0.15) is 11.5 Å². The van der Waals surface area contributed by atoms with E-state index in [0.29, 0.717) is 30.3 Å². The Hall–Kier alpha value is -3.20. The number of ether oxygens (including phenoxy) is 2. The van der Waals surface area contributed by atoms with Crippen molar-refractivity contribution in [2.75, 3.05) is 26.1 Å². The number of hydrogen-bond donors (Lipinski definition) is 1. The van der Waals surface area contributed by atoms with Gasteiger partial charge in [-0.15, -0.1) is 0 Å². The number of carbonyl (C=O) groups is 1. The minimum atomic E-state index is -0.289. The van der Waals surface area contributed by atoms with E-state index in [1.54, 1.807) is 30.2 Å². The van der Waals surface area contributed by atoms with Crippen LogP contribution in [0.3, 0.4) is 0 Å². The lowest BCUT2D eigenvalue weighted by molar-refractivity contribution is 0.210. The van der Waals surface area contributed by atoms with Crippen molar-refractivity contribution >= 4 is 11.7 Å². The fourth-order valence-electron chi connectivity index (χ4n) is 2.34. The predicted molar refractivity (Wildman–Crippen MR) is 95.6 cm³/mol. The van der Waals surface area contributed by atoms with Gasteiger partial charge < -0.3 is 19.7 Å². The van der Waals surface area contributed by atoms with Gasteiger partial charge in [0.15, 0.2) is 0 Å². The van der Waals surface area contributed by atoms with Crippen LogP contribution < -0.4 is 14.8 Å². The summed E-state index contributed by atoms with van der Waals surface area (Å²) in [5, 5.41) is 11.7. The first-order chi connectivity index (χ1) is 12.2. The standard InChI is InChI=1S/C19H21N3O3/c1-24-16-9-10-17(18(13-16)25-2)21-19(23)22(12-6-11-20)14-15-7-4-3-5-8-15/h3-5,7-10,13H,6,12,14H2,1-2H3,(H,21,23). The summed E-state index contributed by atoms with van der Waals surface area (Å²) in [4.78, 5) is 14.3. The topological polar surface area (TPSA) is 74.6 Å². The number of nitriles is 1. The van der Waals surface area contributed by atoms with Crippen LogP contribution in [0.25, 0.3) is 0 Å². The molecule has 2 rings (SSSR count). The molecule has 0 aliphatic carbocycles. The maximum Gasteiger partial charge on any atom is 0.322 e. The van der Waals surface area contributed by atoms with Gasteiger partial charge in [0.05, 0.1) is 32.4 Å². The second-order valence-corrected chi connectivity index (χ2v) is 5.31. The molecule has 1 N–H and O–H groups in total. The molecule has 0 aliphatic rings. The van der Waals surface area contributed by atoms with E-state index in [1.807, 2.05) is 30.3 Å². The van der Waals surface area contributed by atoms with Crippen LogP contribution in [-0.4, -0.2) is 31.7 Å². The molecule has 2 aromatic rings. The fourth-order valence-corrected chi connectivity index (χ4v) is 2.34. The summed E-state index contributed by atoms with van der Waals surface area (Å²) >= 11 is 0. The number of anilines is 1. The van der Waals surface area contributed by atoms with E-state index in [4.69, 9.17) is 14.7 Å². The summed E-state index contributed by atoms with van der Waals surface area (Å²) in [6, 6.07) is 16.6. The molecule has 6 nitrogen and oxygen atoms in total. The van der Waals surface area contributed by atoms with E-state index < -0.39 is 0 Å². The number of benzene rings is 2. The van der Waals surface area contributed by atoms with Crippen LogP contribution in [0.2, 0.25) is 0 Å². The SMILES string of the molecule is COc1ccc(NC(=O)N(CCC#N)Cc2ccccc2)c(OC)c1. The monoisotopic (exact) mass is 339 g/mol. The first kappa shape index (κ1) is 18.1. The zero-order valence-corrected chi connectivity index (χ0v) is 14.4. The third-order valence-electron chi connectivity index (χ3n) is 3.65. The molecule has 6 heteroatoms. The maximum absolute atomic E-state index is 12.7. The lowest BCUT2D eigenvalue weighted by atomic mass is 10.2. The molecule has 0 heterocycles. The van der Waals surface area contributed by atoms with E-state index >= 15 is 0 Å². The molecule has 0 spiro atoms. The van der Waals surface area contributed by atoms with E-state index in [1.165, 1.54) is 7.11 Å². The minimum absolute atomic E-state index is 0.264. The highest BCUT2D eigenvalue weighted by atomic mass is 16.5. The third kappa shape index (κ3) is 5.15.